The summed E-state index contributed by atoms with van der Waals surface area (Å²) in [7, 11) is 4.15. The van der Waals surface area contributed by atoms with Crippen LogP contribution in [0, 0.1) is 11.8 Å². The molecule has 0 N–H and O–H groups in total. The summed E-state index contributed by atoms with van der Waals surface area (Å²) >= 11 is 0. The Morgan fingerprint density at radius 1 is 1.18 bits per heavy atom. The highest BCUT2D eigenvalue weighted by Gasteiger charge is 2.24. The molecule has 174 valence electrons. The SMILES string of the molecule is CN(C)Cc1c(OCC2CC2)ccc2c(CCC3C=CN(Cc4cnccn4)CC3)noc12. The minimum Gasteiger partial charge on any atom is -0.493 e. The number of aromatic nitrogens is 3. The lowest BCUT2D eigenvalue weighted by Crippen LogP contribution is -2.25. The van der Waals surface area contributed by atoms with Crippen molar-refractivity contribution in [3.05, 3.63) is 60.0 Å². The Hall–Kier alpha value is -2.93. The first kappa shape index (κ1) is 21.9. The third kappa shape index (κ3) is 5.53. The first-order chi connectivity index (χ1) is 16.2. The highest BCUT2D eigenvalue weighted by atomic mass is 16.5. The van der Waals surface area contributed by atoms with Crippen LogP contribution in [0.4, 0.5) is 0 Å². The molecule has 7 nitrogen and oxygen atoms in total. The average Bonchev–Trinajstić information content (AvgIpc) is 3.56. The van der Waals surface area contributed by atoms with Gasteiger partial charge >= 0.3 is 0 Å². The second-order valence-corrected chi connectivity index (χ2v) is 9.64. The van der Waals surface area contributed by atoms with Crippen LogP contribution in [0.1, 0.15) is 42.6 Å². The molecular formula is C26H33N5O2. The fourth-order valence-corrected chi connectivity index (χ4v) is 4.42. The van der Waals surface area contributed by atoms with Gasteiger partial charge in [-0.05, 0) is 76.4 Å². The Morgan fingerprint density at radius 2 is 2.09 bits per heavy atom. The van der Waals surface area contributed by atoms with Gasteiger partial charge in [0.2, 0.25) is 0 Å². The summed E-state index contributed by atoms with van der Waals surface area (Å²) in [6, 6.07) is 4.23. The Bertz CT molecular complexity index is 1090. The molecule has 1 unspecified atom stereocenters. The topological polar surface area (TPSA) is 67.5 Å². The molecule has 0 saturated heterocycles. The van der Waals surface area contributed by atoms with Crippen LogP contribution in [0.15, 0.2) is 47.5 Å². The van der Waals surface area contributed by atoms with E-state index >= 15 is 0 Å². The van der Waals surface area contributed by atoms with Crippen LogP contribution < -0.4 is 4.74 Å². The van der Waals surface area contributed by atoms with Crippen molar-refractivity contribution in [1.29, 1.82) is 0 Å². The zero-order chi connectivity index (χ0) is 22.6. The van der Waals surface area contributed by atoms with E-state index in [0.717, 1.165) is 85.1 Å². The quantitative estimate of drug-likeness (QED) is 0.455. The van der Waals surface area contributed by atoms with Gasteiger partial charge in [-0.1, -0.05) is 11.2 Å². The lowest BCUT2D eigenvalue weighted by Gasteiger charge is -2.27. The van der Waals surface area contributed by atoms with Crippen LogP contribution in [0.5, 0.6) is 5.75 Å². The predicted octanol–water partition coefficient (Wildman–Crippen LogP) is 4.44. The second-order valence-electron chi connectivity index (χ2n) is 9.64. The molecule has 0 amide bonds. The van der Waals surface area contributed by atoms with Crippen LogP contribution in [-0.2, 0) is 19.5 Å². The summed E-state index contributed by atoms with van der Waals surface area (Å²) in [5, 5.41) is 5.59. The fraction of sp³-hybridized carbons (Fsp3) is 0.500. The van der Waals surface area contributed by atoms with E-state index in [1.54, 1.807) is 12.4 Å². The number of fused-ring (bicyclic) bond motifs is 1. The van der Waals surface area contributed by atoms with Gasteiger partial charge in [0.05, 0.1) is 36.3 Å². The molecule has 1 fully saturated rings. The summed E-state index contributed by atoms with van der Waals surface area (Å²) in [6.07, 6.45) is 15.5. The molecule has 0 bridgehead atoms. The second kappa shape index (κ2) is 9.91. The van der Waals surface area contributed by atoms with Crippen molar-refractivity contribution in [2.45, 2.75) is 45.2 Å². The molecule has 7 heteroatoms. The van der Waals surface area contributed by atoms with Gasteiger partial charge in [0.1, 0.15) is 5.75 Å². The van der Waals surface area contributed by atoms with E-state index in [2.05, 4.69) is 63.4 Å². The smallest absolute Gasteiger partial charge is 0.175 e. The first-order valence-electron chi connectivity index (χ1n) is 12.0. The summed E-state index contributed by atoms with van der Waals surface area (Å²) in [5.74, 6) is 2.21. The maximum absolute atomic E-state index is 6.15. The lowest BCUT2D eigenvalue weighted by atomic mass is 9.95. The molecule has 2 aliphatic rings. The number of nitrogens with zero attached hydrogens (tertiary/aromatic N) is 5. The number of benzene rings is 1. The Morgan fingerprint density at radius 3 is 2.82 bits per heavy atom. The molecule has 1 saturated carbocycles. The van der Waals surface area contributed by atoms with Gasteiger partial charge < -0.3 is 19.1 Å². The number of hydrogen-bond acceptors (Lipinski definition) is 7. The highest BCUT2D eigenvalue weighted by Crippen LogP contribution is 2.35. The van der Waals surface area contributed by atoms with E-state index in [1.807, 2.05) is 6.20 Å². The number of hydrogen-bond donors (Lipinski definition) is 0. The van der Waals surface area contributed by atoms with E-state index < -0.39 is 0 Å². The van der Waals surface area contributed by atoms with Gasteiger partial charge in [0, 0.05) is 30.9 Å². The van der Waals surface area contributed by atoms with Gasteiger partial charge in [-0.25, -0.2) is 0 Å². The van der Waals surface area contributed by atoms with E-state index in [0.29, 0.717) is 5.92 Å². The molecule has 1 aromatic carbocycles. The minimum atomic E-state index is 0.553. The number of ether oxygens (including phenoxy) is 1. The largest absolute Gasteiger partial charge is 0.493 e. The van der Waals surface area contributed by atoms with Crippen LogP contribution >= 0.6 is 0 Å². The first-order valence-corrected chi connectivity index (χ1v) is 12.0. The predicted molar refractivity (Wildman–Crippen MR) is 128 cm³/mol. The third-order valence-electron chi connectivity index (χ3n) is 6.51. The zero-order valence-electron chi connectivity index (χ0n) is 19.6. The molecule has 33 heavy (non-hydrogen) atoms. The summed E-state index contributed by atoms with van der Waals surface area (Å²) < 4.78 is 12.0. The van der Waals surface area contributed by atoms with Crippen molar-refractivity contribution in [2.75, 3.05) is 27.2 Å². The molecule has 1 aliphatic carbocycles. The van der Waals surface area contributed by atoms with Crippen molar-refractivity contribution < 1.29 is 9.26 Å². The zero-order valence-corrected chi connectivity index (χ0v) is 19.6. The number of aryl methyl sites for hydroxylation is 1. The van der Waals surface area contributed by atoms with E-state index in [4.69, 9.17) is 9.26 Å². The van der Waals surface area contributed by atoms with E-state index in [1.165, 1.54) is 12.8 Å². The van der Waals surface area contributed by atoms with Gasteiger partial charge in [0.15, 0.2) is 5.58 Å². The molecule has 2 aromatic heterocycles. The number of rotatable bonds is 10. The molecule has 0 spiro atoms. The van der Waals surface area contributed by atoms with Gasteiger partial charge in [-0.2, -0.15) is 0 Å². The summed E-state index contributed by atoms with van der Waals surface area (Å²) in [6.45, 7) is 3.42. The Balaban J connectivity index is 1.23. The van der Waals surface area contributed by atoms with Crippen LogP contribution in [0.25, 0.3) is 11.0 Å². The van der Waals surface area contributed by atoms with Crippen molar-refractivity contribution in [3.63, 3.8) is 0 Å². The van der Waals surface area contributed by atoms with Crippen molar-refractivity contribution in [3.8, 4) is 5.75 Å². The highest BCUT2D eigenvalue weighted by molar-refractivity contribution is 5.84. The maximum atomic E-state index is 6.15. The average molecular weight is 448 g/mol. The molecule has 0 radical (unpaired) electrons. The van der Waals surface area contributed by atoms with Crippen LogP contribution in [0.2, 0.25) is 0 Å². The van der Waals surface area contributed by atoms with Gasteiger partial charge in [-0.15, -0.1) is 0 Å². The minimum absolute atomic E-state index is 0.553. The van der Waals surface area contributed by atoms with E-state index in [9.17, 15) is 0 Å². The molecule has 5 rings (SSSR count). The molecule has 3 heterocycles. The standard InChI is InChI=1S/C26H33N5O2/c1-30(2)17-23-25(32-18-20-3-4-20)8-6-22-24(29-33-26(22)23)7-5-19-9-13-31(14-10-19)16-21-15-27-11-12-28-21/h6,8-9,11-13,15,19-20H,3-5,7,10,14,16-18H2,1-2H3. The van der Waals surface area contributed by atoms with Crippen molar-refractivity contribution >= 4 is 11.0 Å². The van der Waals surface area contributed by atoms with E-state index in [-0.39, 0.29) is 0 Å². The Kier molecular flexibility index (Phi) is 6.58. The fourth-order valence-electron chi connectivity index (χ4n) is 4.42. The van der Waals surface area contributed by atoms with Gasteiger partial charge in [0.25, 0.3) is 0 Å². The molecule has 3 aromatic rings. The lowest BCUT2D eigenvalue weighted by molar-refractivity contribution is 0.289. The van der Waals surface area contributed by atoms with Crippen LogP contribution in [-0.4, -0.2) is 52.2 Å². The number of allylic oxidation sites excluding steroid dienone is 1. The summed E-state index contributed by atoms with van der Waals surface area (Å²) in [4.78, 5) is 13.0. The summed E-state index contributed by atoms with van der Waals surface area (Å²) in [5.41, 5.74) is 4.04. The van der Waals surface area contributed by atoms with Gasteiger partial charge in [-0.3, -0.25) is 9.97 Å². The van der Waals surface area contributed by atoms with Crippen molar-refractivity contribution in [2.24, 2.45) is 11.8 Å². The Labute approximate surface area is 195 Å². The molecule has 1 aliphatic heterocycles. The third-order valence-corrected chi connectivity index (χ3v) is 6.51. The van der Waals surface area contributed by atoms with Crippen molar-refractivity contribution in [1.82, 2.24) is 24.9 Å². The molecule has 1 atom stereocenters. The van der Waals surface area contributed by atoms with Crippen LogP contribution in [0.3, 0.4) is 0 Å². The molecular weight excluding hydrogens is 414 g/mol. The maximum Gasteiger partial charge on any atom is 0.175 e. The normalized spacial score (nSPS) is 18.4. The monoisotopic (exact) mass is 447 g/mol.